The Hall–Kier alpha value is -1.03. The van der Waals surface area contributed by atoms with E-state index in [4.69, 9.17) is 28.9 Å². The van der Waals surface area contributed by atoms with Crippen LogP contribution in [-0.2, 0) is 6.42 Å². The van der Waals surface area contributed by atoms with E-state index in [9.17, 15) is 4.79 Å². The van der Waals surface area contributed by atoms with Gasteiger partial charge < -0.3 is 5.73 Å². The van der Waals surface area contributed by atoms with Crippen LogP contribution in [0.2, 0.25) is 10.0 Å². The lowest BCUT2D eigenvalue weighted by atomic mass is 10.0. The molecule has 2 rings (SSSR count). The number of halogens is 3. The Bertz CT molecular complexity index is 623. The molecule has 19 heavy (non-hydrogen) atoms. The molecule has 0 aromatic heterocycles. The number of anilines is 1. The normalized spacial score (nSPS) is 10.5. The first-order chi connectivity index (χ1) is 8.95. The molecule has 0 aliphatic heterocycles. The SMILES string of the molecule is Nc1cc(Br)cc(C(=O)Cc2ccc(Cl)cc2Cl)c1. The van der Waals surface area contributed by atoms with Crippen LogP contribution in [0.4, 0.5) is 5.69 Å². The minimum absolute atomic E-state index is 0.0442. The van der Waals surface area contributed by atoms with Gasteiger partial charge in [0.1, 0.15) is 0 Å². The van der Waals surface area contributed by atoms with Crippen molar-refractivity contribution in [3.8, 4) is 0 Å². The summed E-state index contributed by atoms with van der Waals surface area (Å²) in [4.78, 5) is 12.2. The third-order valence-electron chi connectivity index (χ3n) is 2.61. The van der Waals surface area contributed by atoms with Gasteiger partial charge in [-0.3, -0.25) is 4.79 Å². The highest BCUT2D eigenvalue weighted by Crippen LogP contribution is 2.24. The molecule has 0 fully saturated rings. The molecule has 2 aromatic rings. The molecule has 2 nitrogen and oxygen atoms in total. The number of hydrogen-bond acceptors (Lipinski definition) is 2. The number of Topliss-reactive ketones (excluding diaryl/α,β-unsaturated/α-hetero) is 1. The molecule has 2 N–H and O–H groups in total. The zero-order valence-corrected chi connectivity index (χ0v) is 12.9. The Morgan fingerprint density at radius 1 is 1.16 bits per heavy atom. The van der Waals surface area contributed by atoms with E-state index in [-0.39, 0.29) is 12.2 Å². The number of carbonyl (C=O) groups is 1. The number of benzene rings is 2. The van der Waals surface area contributed by atoms with Crippen molar-refractivity contribution in [2.24, 2.45) is 0 Å². The minimum Gasteiger partial charge on any atom is -0.399 e. The second-order valence-electron chi connectivity index (χ2n) is 4.11. The second-order valence-corrected chi connectivity index (χ2v) is 5.87. The van der Waals surface area contributed by atoms with Crippen molar-refractivity contribution < 1.29 is 4.79 Å². The molecule has 5 heteroatoms. The van der Waals surface area contributed by atoms with Crippen LogP contribution in [0.5, 0.6) is 0 Å². The van der Waals surface area contributed by atoms with E-state index in [0.29, 0.717) is 21.3 Å². The maximum absolute atomic E-state index is 12.2. The number of rotatable bonds is 3. The van der Waals surface area contributed by atoms with E-state index in [2.05, 4.69) is 15.9 Å². The van der Waals surface area contributed by atoms with Crippen molar-refractivity contribution in [1.29, 1.82) is 0 Å². The molecule has 98 valence electrons. The quantitative estimate of drug-likeness (QED) is 0.634. The van der Waals surface area contributed by atoms with Gasteiger partial charge in [-0.1, -0.05) is 45.2 Å². The predicted octanol–water partition coefficient (Wildman–Crippen LogP) is 4.76. The maximum Gasteiger partial charge on any atom is 0.167 e. The highest BCUT2D eigenvalue weighted by Gasteiger charge is 2.11. The number of nitrogens with two attached hydrogens (primary N) is 1. The predicted molar refractivity (Wildman–Crippen MR) is 83.1 cm³/mol. The first kappa shape index (κ1) is 14.4. The zero-order valence-electron chi connectivity index (χ0n) is 9.79. The highest BCUT2D eigenvalue weighted by molar-refractivity contribution is 9.10. The Balaban J connectivity index is 2.25. The Labute approximate surface area is 129 Å². The maximum atomic E-state index is 12.2. The standard InChI is InChI=1S/C14H10BrCl2NO/c15-10-3-9(4-12(18)6-10)14(19)5-8-1-2-11(16)7-13(8)17/h1-4,6-7H,5,18H2. The summed E-state index contributed by atoms with van der Waals surface area (Å²) < 4.78 is 0.776. The number of hydrogen-bond donors (Lipinski definition) is 1. The lowest BCUT2D eigenvalue weighted by molar-refractivity contribution is 0.0993. The summed E-state index contributed by atoms with van der Waals surface area (Å²) in [5.74, 6) is -0.0442. The Morgan fingerprint density at radius 2 is 1.89 bits per heavy atom. The fourth-order valence-corrected chi connectivity index (χ4v) is 2.70. The smallest absolute Gasteiger partial charge is 0.167 e. The second kappa shape index (κ2) is 5.95. The van der Waals surface area contributed by atoms with Crippen molar-refractivity contribution in [1.82, 2.24) is 0 Å². The van der Waals surface area contributed by atoms with Gasteiger partial charge in [-0.15, -0.1) is 0 Å². The topological polar surface area (TPSA) is 43.1 Å². The molecule has 0 aliphatic rings. The van der Waals surface area contributed by atoms with Gasteiger partial charge in [0.25, 0.3) is 0 Å². The summed E-state index contributed by atoms with van der Waals surface area (Å²) in [7, 11) is 0. The third-order valence-corrected chi connectivity index (χ3v) is 3.65. The summed E-state index contributed by atoms with van der Waals surface area (Å²) in [6, 6.07) is 10.2. The average molecular weight is 359 g/mol. The number of nitrogen functional groups attached to an aromatic ring is 1. The first-order valence-electron chi connectivity index (χ1n) is 5.49. The summed E-state index contributed by atoms with van der Waals surface area (Å²) >= 11 is 15.2. The van der Waals surface area contributed by atoms with Crippen LogP contribution in [0, 0.1) is 0 Å². The van der Waals surface area contributed by atoms with Gasteiger partial charge in [-0.25, -0.2) is 0 Å². The molecule has 0 saturated carbocycles. The molecular formula is C14H10BrCl2NO. The largest absolute Gasteiger partial charge is 0.399 e. The van der Waals surface area contributed by atoms with Crippen LogP contribution >= 0.6 is 39.1 Å². The van der Waals surface area contributed by atoms with Crippen LogP contribution in [0.15, 0.2) is 40.9 Å². The van der Waals surface area contributed by atoms with Gasteiger partial charge in [0, 0.05) is 32.2 Å². The molecular weight excluding hydrogens is 349 g/mol. The zero-order chi connectivity index (χ0) is 14.0. The summed E-state index contributed by atoms with van der Waals surface area (Å²) in [5, 5.41) is 1.04. The van der Waals surface area contributed by atoms with E-state index in [0.717, 1.165) is 10.0 Å². The van der Waals surface area contributed by atoms with E-state index in [1.54, 1.807) is 36.4 Å². The molecule has 0 amide bonds. The molecule has 2 aromatic carbocycles. The van der Waals surface area contributed by atoms with Crippen molar-refractivity contribution in [3.05, 3.63) is 62.0 Å². The minimum atomic E-state index is -0.0442. The summed E-state index contributed by atoms with van der Waals surface area (Å²) in [5.41, 5.74) is 7.55. The Kier molecular flexibility index (Phi) is 4.50. The van der Waals surface area contributed by atoms with Crippen molar-refractivity contribution in [3.63, 3.8) is 0 Å². The molecule has 0 saturated heterocycles. The van der Waals surface area contributed by atoms with Gasteiger partial charge in [0.05, 0.1) is 0 Å². The van der Waals surface area contributed by atoms with Crippen LogP contribution in [0.1, 0.15) is 15.9 Å². The van der Waals surface area contributed by atoms with Crippen molar-refractivity contribution in [2.75, 3.05) is 5.73 Å². The van der Waals surface area contributed by atoms with Crippen LogP contribution in [-0.4, -0.2) is 5.78 Å². The van der Waals surface area contributed by atoms with Gasteiger partial charge in [-0.05, 0) is 35.9 Å². The molecule has 0 bridgehead atoms. The molecule has 0 spiro atoms. The highest BCUT2D eigenvalue weighted by atomic mass is 79.9. The van der Waals surface area contributed by atoms with Gasteiger partial charge in [0.2, 0.25) is 0 Å². The van der Waals surface area contributed by atoms with E-state index in [1.807, 2.05) is 0 Å². The Morgan fingerprint density at radius 3 is 2.53 bits per heavy atom. The van der Waals surface area contributed by atoms with Gasteiger partial charge >= 0.3 is 0 Å². The average Bonchev–Trinajstić information content (AvgIpc) is 2.31. The van der Waals surface area contributed by atoms with E-state index < -0.39 is 0 Å². The molecule has 0 radical (unpaired) electrons. The van der Waals surface area contributed by atoms with Gasteiger partial charge in [-0.2, -0.15) is 0 Å². The molecule has 0 heterocycles. The van der Waals surface area contributed by atoms with E-state index >= 15 is 0 Å². The summed E-state index contributed by atoms with van der Waals surface area (Å²) in [6.45, 7) is 0. The molecule has 0 atom stereocenters. The number of ketones is 1. The van der Waals surface area contributed by atoms with Crippen LogP contribution < -0.4 is 5.73 Å². The van der Waals surface area contributed by atoms with E-state index in [1.165, 1.54) is 0 Å². The van der Waals surface area contributed by atoms with Crippen molar-refractivity contribution in [2.45, 2.75) is 6.42 Å². The fraction of sp³-hybridized carbons (Fsp3) is 0.0714. The monoisotopic (exact) mass is 357 g/mol. The van der Waals surface area contributed by atoms with Crippen LogP contribution in [0.3, 0.4) is 0 Å². The van der Waals surface area contributed by atoms with Gasteiger partial charge in [0.15, 0.2) is 5.78 Å². The third kappa shape index (κ3) is 3.72. The van der Waals surface area contributed by atoms with Crippen molar-refractivity contribution >= 4 is 50.6 Å². The first-order valence-corrected chi connectivity index (χ1v) is 7.04. The molecule has 0 aliphatic carbocycles. The summed E-state index contributed by atoms with van der Waals surface area (Å²) in [6.07, 6.45) is 0.214. The fourth-order valence-electron chi connectivity index (χ4n) is 1.71. The molecule has 0 unspecified atom stereocenters. The lowest BCUT2D eigenvalue weighted by Crippen LogP contribution is -2.05. The number of carbonyl (C=O) groups excluding carboxylic acids is 1. The lowest BCUT2D eigenvalue weighted by Gasteiger charge is -2.06. The van der Waals surface area contributed by atoms with Crippen LogP contribution in [0.25, 0.3) is 0 Å².